The minimum Gasteiger partial charge on any atom is -0.314 e. The average Bonchev–Trinajstić information content (AvgIpc) is 2.37. The minimum atomic E-state index is -0.218. The molecule has 0 bridgehead atoms. The summed E-state index contributed by atoms with van der Waals surface area (Å²) < 4.78 is 14.1. The van der Waals surface area contributed by atoms with E-state index >= 15 is 0 Å². The Kier molecular flexibility index (Phi) is 6.29. The van der Waals surface area contributed by atoms with Gasteiger partial charge in [0.25, 0.3) is 0 Å². The highest BCUT2D eigenvalue weighted by Gasteiger charge is 2.22. The molecule has 0 saturated carbocycles. The van der Waals surface area contributed by atoms with Crippen LogP contribution in [0.15, 0.2) is 35.3 Å². The molecule has 2 nitrogen and oxygen atoms in total. The molecule has 1 aliphatic rings. The van der Waals surface area contributed by atoms with Crippen molar-refractivity contribution >= 4 is 28.3 Å². The zero-order chi connectivity index (χ0) is 12.3. The highest BCUT2D eigenvalue weighted by Crippen LogP contribution is 2.30. The molecule has 1 fully saturated rings. The Labute approximate surface area is 122 Å². The van der Waals surface area contributed by atoms with Crippen molar-refractivity contribution in [3.8, 4) is 0 Å². The number of rotatable bonds is 3. The van der Waals surface area contributed by atoms with E-state index in [1.165, 1.54) is 6.07 Å². The van der Waals surface area contributed by atoms with E-state index < -0.39 is 0 Å². The molecule has 0 radical (unpaired) electrons. The zero-order valence-electron chi connectivity index (χ0n) is 10.0. The normalized spacial score (nSPS) is 17.9. The van der Waals surface area contributed by atoms with E-state index in [2.05, 4.69) is 32.7 Å². The van der Waals surface area contributed by atoms with Crippen molar-refractivity contribution in [2.75, 3.05) is 26.2 Å². The van der Waals surface area contributed by atoms with Crippen LogP contribution in [-0.4, -0.2) is 31.1 Å². The molecule has 0 unspecified atom stereocenters. The third-order valence-electron chi connectivity index (χ3n) is 3.07. The van der Waals surface area contributed by atoms with Crippen LogP contribution in [-0.2, 0) is 0 Å². The maximum Gasteiger partial charge on any atom is 0.137 e. The summed E-state index contributed by atoms with van der Waals surface area (Å²) in [6.07, 6.45) is 1.88. The van der Waals surface area contributed by atoms with Crippen molar-refractivity contribution in [3.05, 3.63) is 46.7 Å². The van der Waals surface area contributed by atoms with Crippen molar-refractivity contribution in [3.63, 3.8) is 0 Å². The number of piperazine rings is 1. The molecule has 0 aliphatic carbocycles. The van der Waals surface area contributed by atoms with Gasteiger partial charge < -0.3 is 5.32 Å². The Morgan fingerprint density at radius 3 is 2.67 bits per heavy atom. The van der Waals surface area contributed by atoms with Crippen molar-refractivity contribution in [1.29, 1.82) is 0 Å². The first-order valence-corrected chi connectivity index (χ1v) is 6.54. The van der Waals surface area contributed by atoms with Crippen LogP contribution in [0.2, 0.25) is 0 Å². The predicted molar refractivity (Wildman–Crippen MR) is 78.7 cm³/mol. The fourth-order valence-electron chi connectivity index (χ4n) is 2.18. The predicted octanol–water partition coefficient (Wildman–Crippen LogP) is 3.14. The number of hydrogen-bond donors (Lipinski definition) is 1. The van der Waals surface area contributed by atoms with Crippen LogP contribution in [0, 0.1) is 5.82 Å². The van der Waals surface area contributed by atoms with Gasteiger partial charge in [-0.15, -0.1) is 19.0 Å². The summed E-state index contributed by atoms with van der Waals surface area (Å²) >= 11 is 3.32. The standard InChI is InChI=1S/C13H16BrFN2.ClH/c1-2-12(17-8-6-16-7-9-17)10-4-3-5-11(15)13(10)14;/h2-5,12,16H,1,6-9H2;1H/t12-;/m1./s1. The highest BCUT2D eigenvalue weighted by atomic mass is 79.9. The quantitative estimate of drug-likeness (QED) is 0.854. The molecule has 18 heavy (non-hydrogen) atoms. The zero-order valence-corrected chi connectivity index (χ0v) is 12.4. The second-order valence-corrected chi connectivity index (χ2v) is 4.90. The lowest BCUT2D eigenvalue weighted by Gasteiger charge is -2.33. The average molecular weight is 336 g/mol. The number of nitrogens with zero attached hydrogens (tertiary/aromatic N) is 1. The minimum absolute atomic E-state index is 0. The Morgan fingerprint density at radius 1 is 1.39 bits per heavy atom. The number of hydrogen-bond acceptors (Lipinski definition) is 2. The van der Waals surface area contributed by atoms with E-state index in [1.807, 2.05) is 12.1 Å². The van der Waals surface area contributed by atoms with Crippen LogP contribution in [0.1, 0.15) is 11.6 Å². The molecule has 1 heterocycles. The second-order valence-electron chi connectivity index (χ2n) is 4.11. The summed E-state index contributed by atoms with van der Waals surface area (Å²) in [6, 6.07) is 5.23. The third-order valence-corrected chi connectivity index (χ3v) is 3.90. The summed E-state index contributed by atoms with van der Waals surface area (Å²) in [7, 11) is 0. The van der Waals surface area contributed by atoms with E-state index in [-0.39, 0.29) is 24.3 Å². The van der Waals surface area contributed by atoms with E-state index in [4.69, 9.17) is 0 Å². The smallest absolute Gasteiger partial charge is 0.137 e. The van der Waals surface area contributed by atoms with E-state index in [1.54, 1.807) is 6.07 Å². The van der Waals surface area contributed by atoms with Gasteiger partial charge in [0.15, 0.2) is 0 Å². The van der Waals surface area contributed by atoms with Gasteiger partial charge in [0.1, 0.15) is 5.82 Å². The molecule has 1 saturated heterocycles. The van der Waals surface area contributed by atoms with Gasteiger partial charge in [-0.1, -0.05) is 18.2 Å². The Hall–Kier alpha value is -0.420. The molecule has 0 spiro atoms. The molecular formula is C13H17BrClFN2. The summed E-state index contributed by atoms with van der Waals surface area (Å²) in [5.41, 5.74) is 0.946. The van der Waals surface area contributed by atoms with E-state index in [0.717, 1.165) is 31.7 Å². The first-order chi connectivity index (χ1) is 8.24. The molecule has 1 aliphatic heterocycles. The SMILES string of the molecule is C=C[C@H](c1cccc(F)c1Br)N1CCNCC1.Cl. The molecule has 100 valence electrons. The molecule has 1 N–H and O–H groups in total. The van der Waals surface area contributed by atoms with E-state index in [9.17, 15) is 4.39 Å². The van der Waals surface area contributed by atoms with Gasteiger partial charge in [0.05, 0.1) is 10.5 Å². The molecular weight excluding hydrogens is 319 g/mol. The maximum absolute atomic E-state index is 13.5. The maximum atomic E-state index is 13.5. The van der Waals surface area contributed by atoms with Crippen LogP contribution in [0.25, 0.3) is 0 Å². The van der Waals surface area contributed by atoms with Gasteiger partial charge in [-0.05, 0) is 27.6 Å². The molecule has 5 heteroatoms. The van der Waals surface area contributed by atoms with Crippen LogP contribution in [0.3, 0.4) is 0 Å². The van der Waals surface area contributed by atoms with Gasteiger partial charge >= 0.3 is 0 Å². The van der Waals surface area contributed by atoms with Gasteiger partial charge in [-0.2, -0.15) is 0 Å². The lowest BCUT2D eigenvalue weighted by Crippen LogP contribution is -2.44. The largest absolute Gasteiger partial charge is 0.314 e. The first kappa shape index (κ1) is 15.6. The Balaban J connectivity index is 0.00000162. The van der Waals surface area contributed by atoms with Gasteiger partial charge in [0, 0.05) is 26.2 Å². The van der Waals surface area contributed by atoms with Crippen molar-refractivity contribution in [1.82, 2.24) is 10.2 Å². The monoisotopic (exact) mass is 334 g/mol. The summed E-state index contributed by atoms with van der Waals surface area (Å²) in [6.45, 7) is 7.73. The molecule has 1 aromatic carbocycles. The van der Waals surface area contributed by atoms with Crippen LogP contribution < -0.4 is 5.32 Å². The summed E-state index contributed by atoms with van der Waals surface area (Å²) in [4.78, 5) is 2.31. The Bertz CT molecular complexity index is 408. The van der Waals surface area contributed by atoms with Crippen molar-refractivity contribution in [2.45, 2.75) is 6.04 Å². The summed E-state index contributed by atoms with van der Waals surface area (Å²) in [5.74, 6) is -0.218. The lowest BCUT2D eigenvalue weighted by atomic mass is 10.0. The number of benzene rings is 1. The van der Waals surface area contributed by atoms with Gasteiger partial charge in [-0.25, -0.2) is 4.39 Å². The third kappa shape index (κ3) is 3.32. The van der Waals surface area contributed by atoms with Crippen LogP contribution in [0.4, 0.5) is 4.39 Å². The first-order valence-electron chi connectivity index (χ1n) is 5.75. The topological polar surface area (TPSA) is 15.3 Å². The fraction of sp³-hybridized carbons (Fsp3) is 0.385. The molecule has 0 aromatic heterocycles. The second kappa shape index (κ2) is 7.24. The molecule has 1 atom stereocenters. The Morgan fingerprint density at radius 2 is 2.06 bits per heavy atom. The highest BCUT2D eigenvalue weighted by molar-refractivity contribution is 9.10. The summed E-state index contributed by atoms with van der Waals surface area (Å²) in [5, 5.41) is 3.31. The van der Waals surface area contributed by atoms with Crippen LogP contribution >= 0.6 is 28.3 Å². The lowest BCUT2D eigenvalue weighted by molar-refractivity contribution is 0.203. The van der Waals surface area contributed by atoms with Gasteiger partial charge in [-0.3, -0.25) is 4.90 Å². The van der Waals surface area contributed by atoms with E-state index in [0.29, 0.717) is 4.47 Å². The van der Waals surface area contributed by atoms with Crippen molar-refractivity contribution in [2.24, 2.45) is 0 Å². The number of halogens is 3. The van der Waals surface area contributed by atoms with Crippen molar-refractivity contribution < 1.29 is 4.39 Å². The molecule has 2 rings (SSSR count). The molecule has 1 aromatic rings. The fourth-order valence-corrected chi connectivity index (χ4v) is 2.68. The molecule has 0 amide bonds. The number of nitrogens with one attached hydrogen (secondary N) is 1. The van der Waals surface area contributed by atoms with Crippen LogP contribution in [0.5, 0.6) is 0 Å². The van der Waals surface area contributed by atoms with Gasteiger partial charge in [0.2, 0.25) is 0 Å².